The van der Waals surface area contributed by atoms with E-state index in [1.54, 1.807) is 0 Å². The summed E-state index contributed by atoms with van der Waals surface area (Å²) in [4.78, 5) is 10.6. The lowest BCUT2D eigenvalue weighted by atomic mass is 10.1. The predicted molar refractivity (Wildman–Crippen MR) is 160 cm³/mol. The molecule has 1 heteroatoms. The Bertz CT molecular complexity index is 189. The van der Waals surface area contributed by atoms with Crippen molar-refractivity contribution in [3.05, 3.63) is 0 Å². The molecule has 0 aromatic heterocycles. The zero-order chi connectivity index (χ0) is 23.4. The van der Waals surface area contributed by atoms with Gasteiger partial charge in [0.2, 0.25) is 0 Å². The molecule has 0 aliphatic rings. The molecule has 0 amide bonds. The highest BCUT2D eigenvalue weighted by molar-refractivity contribution is 5.78. The van der Waals surface area contributed by atoms with E-state index in [1.165, 1.54) is 19.3 Å². The number of ketones is 1. The van der Waals surface area contributed by atoms with E-state index in [2.05, 4.69) is 104 Å². The first kappa shape index (κ1) is 63.2. The molecule has 0 unspecified atom stereocenters. The fourth-order valence-electron chi connectivity index (χ4n) is 0.600. The van der Waals surface area contributed by atoms with Gasteiger partial charge in [-0.3, -0.25) is 4.79 Å². The molecule has 31 heavy (non-hydrogen) atoms. The highest BCUT2D eigenvalue weighted by atomic mass is 16.1. The SMILES string of the molecule is C.C.C.C.CC(C)C.CC(C)C.CCC.CCC.CCC(=O)CC(C)C.CCC(C)C. The maximum atomic E-state index is 10.6. The molecular formula is C30H78O. The Labute approximate surface area is 207 Å². The normalized spacial score (nSPS) is 7.61. The highest BCUT2D eigenvalue weighted by Crippen LogP contribution is 2.01. The smallest absolute Gasteiger partial charge is 0.132 e. The molecule has 0 aliphatic heterocycles. The monoisotopic (exact) mass is 455 g/mol. The molecular weight excluding hydrogens is 376 g/mol. The quantitative estimate of drug-likeness (QED) is 0.412. The van der Waals surface area contributed by atoms with Crippen LogP contribution in [0.4, 0.5) is 0 Å². The Morgan fingerprint density at radius 2 is 0.677 bits per heavy atom. The van der Waals surface area contributed by atoms with Crippen LogP contribution in [0, 0.1) is 23.7 Å². The fourth-order valence-corrected chi connectivity index (χ4v) is 0.600. The van der Waals surface area contributed by atoms with Crippen LogP contribution in [0.1, 0.15) is 173 Å². The summed E-state index contributed by atoms with van der Waals surface area (Å²) in [6.45, 7) is 34.2. The molecule has 204 valence electrons. The van der Waals surface area contributed by atoms with Crippen molar-refractivity contribution in [3.63, 3.8) is 0 Å². The third-order valence-electron chi connectivity index (χ3n) is 1.85. The van der Waals surface area contributed by atoms with Gasteiger partial charge in [-0.1, -0.05) is 160 Å². The van der Waals surface area contributed by atoms with Crippen molar-refractivity contribution >= 4 is 5.78 Å². The molecule has 0 saturated carbocycles. The van der Waals surface area contributed by atoms with E-state index in [-0.39, 0.29) is 29.7 Å². The van der Waals surface area contributed by atoms with E-state index < -0.39 is 0 Å². The molecule has 0 N–H and O–H groups in total. The summed E-state index contributed by atoms with van der Waals surface area (Å²) in [7, 11) is 0. The van der Waals surface area contributed by atoms with Crippen LogP contribution >= 0.6 is 0 Å². The van der Waals surface area contributed by atoms with Gasteiger partial charge in [0.25, 0.3) is 0 Å². The Hall–Kier alpha value is -0.330. The summed E-state index contributed by atoms with van der Waals surface area (Å²) in [5.74, 6) is 3.46. The Kier molecular flexibility index (Phi) is 128. The Morgan fingerprint density at radius 1 is 0.516 bits per heavy atom. The van der Waals surface area contributed by atoms with Crippen LogP contribution in [0.15, 0.2) is 0 Å². The number of hydrogen-bond donors (Lipinski definition) is 0. The minimum atomic E-state index is 0. The van der Waals surface area contributed by atoms with Crippen molar-refractivity contribution in [2.75, 3.05) is 0 Å². The molecule has 0 spiro atoms. The minimum absolute atomic E-state index is 0. The second-order valence-electron chi connectivity index (χ2n) is 9.17. The van der Waals surface area contributed by atoms with Crippen molar-refractivity contribution in [3.8, 4) is 0 Å². The molecule has 0 bridgehead atoms. The van der Waals surface area contributed by atoms with E-state index in [4.69, 9.17) is 0 Å². The van der Waals surface area contributed by atoms with Gasteiger partial charge in [-0.15, -0.1) is 0 Å². The topological polar surface area (TPSA) is 17.1 Å². The maximum absolute atomic E-state index is 10.6. The second-order valence-corrected chi connectivity index (χ2v) is 9.17. The fraction of sp³-hybridized carbons (Fsp3) is 0.967. The summed E-state index contributed by atoms with van der Waals surface area (Å²) >= 11 is 0. The van der Waals surface area contributed by atoms with E-state index in [9.17, 15) is 4.79 Å². The van der Waals surface area contributed by atoms with Crippen molar-refractivity contribution in [2.24, 2.45) is 23.7 Å². The van der Waals surface area contributed by atoms with Crippen LogP contribution in [0.3, 0.4) is 0 Å². The van der Waals surface area contributed by atoms with Gasteiger partial charge in [-0.25, -0.2) is 0 Å². The van der Waals surface area contributed by atoms with Crippen molar-refractivity contribution < 1.29 is 4.79 Å². The van der Waals surface area contributed by atoms with Crippen LogP contribution in [0.5, 0.6) is 0 Å². The summed E-state index contributed by atoms with van der Waals surface area (Å²) in [6, 6.07) is 0. The Morgan fingerprint density at radius 3 is 0.710 bits per heavy atom. The van der Waals surface area contributed by atoms with Crippen molar-refractivity contribution in [2.45, 2.75) is 173 Å². The van der Waals surface area contributed by atoms with Crippen molar-refractivity contribution in [1.82, 2.24) is 0 Å². The minimum Gasteiger partial charge on any atom is -0.300 e. The van der Waals surface area contributed by atoms with Gasteiger partial charge < -0.3 is 0 Å². The van der Waals surface area contributed by atoms with Crippen LogP contribution in [-0.2, 0) is 4.79 Å². The lowest BCUT2D eigenvalue weighted by Crippen LogP contribution is -1.99. The number of carbonyl (C=O) groups is 1. The van der Waals surface area contributed by atoms with Gasteiger partial charge in [-0.2, -0.15) is 0 Å². The third-order valence-corrected chi connectivity index (χ3v) is 1.85. The van der Waals surface area contributed by atoms with Gasteiger partial charge >= 0.3 is 0 Å². The molecule has 0 atom stereocenters. The van der Waals surface area contributed by atoms with Gasteiger partial charge in [-0.05, 0) is 23.7 Å². The molecule has 0 saturated heterocycles. The molecule has 0 fully saturated rings. The highest BCUT2D eigenvalue weighted by Gasteiger charge is 1.99. The van der Waals surface area contributed by atoms with Crippen LogP contribution in [-0.4, -0.2) is 5.78 Å². The molecule has 0 aliphatic carbocycles. The van der Waals surface area contributed by atoms with Gasteiger partial charge in [0, 0.05) is 12.8 Å². The predicted octanol–water partition coefficient (Wildman–Crippen LogP) is 12.8. The number of carbonyl (C=O) groups excluding carboxylic acids is 1. The molecule has 0 aromatic rings. The van der Waals surface area contributed by atoms with E-state index in [0.29, 0.717) is 18.1 Å². The molecule has 0 aromatic carbocycles. The molecule has 0 heterocycles. The zero-order valence-corrected chi connectivity index (χ0v) is 22.8. The third kappa shape index (κ3) is 386. The standard InChI is InChI=1S/C7H14O.C5H12.2C4H10.2C3H8.4CH4/c1-4-7(8)5-6(2)3;1-4-5(2)3;2*1-4(2)3;2*1-3-2;;;;/h6H,4-5H2,1-3H3;5H,4H2,1-3H3;2*4H,1-3H3;2*3H2,1-2H3;4*1H4. The summed E-state index contributed by atoms with van der Waals surface area (Å²) in [6.07, 6.45) is 5.24. The number of rotatable bonds is 4. The van der Waals surface area contributed by atoms with Crippen molar-refractivity contribution in [1.29, 1.82) is 0 Å². The average Bonchev–Trinajstić information content (AvgIpc) is 2.47. The van der Waals surface area contributed by atoms with Crippen LogP contribution in [0.25, 0.3) is 0 Å². The summed E-state index contributed by atoms with van der Waals surface area (Å²) in [5, 5.41) is 0. The average molecular weight is 455 g/mol. The van der Waals surface area contributed by atoms with Crippen LogP contribution < -0.4 is 0 Å². The largest absolute Gasteiger partial charge is 0.300 e. The second kappa shape index (κ2) is 63.0. The Balaban J connectivity index is -0.0000000216. The lowest BCUT2D eigenvalue weighted by molar-refractivity contribution is -0.119. The molecule has 1 nitrogen and oxygen atoms in total. The lowest BCUT2D eigenvalue weighted by Gasteiger charge is -1.98. The van der Waals surface area contributed by atoms with E-state index >= 15 is 0 Å². The number of hydrogen-bond acceptors (Lipinski definition) is 1. The summed E-state index contributed by atoms with van der Waals surface area (Å²) in [5.41, 5.74) is 0. The van der Waals surface area contributed by atoms with Gasteiger partial charge in [0.15, 0.2) is 0 Å². The van der Waals surface area contributed by atoms with Gasteiger partial charge in [0.1, 0.15) is 5.78 Å². The molecule has 0 radical (unpaired) electrons. The molecule has 0 rings (SSSR count). The first-order valence-electron chi connectivity index (χ1n) is 11.7. The zero-order valence-electron chi connectivity index (χ0n) is 22.8. The van der Waals surface area contributed by atoms with E-state index in [0.717, 1.165) is 24.2 Å². The summed E-state index contributed by atoms with van der Waals surface area (Å²) < 4.78 is 0. The first-order chi connectivity index (χ1) is 12.2. The maximum Gasteiger partial charge on any atom is 0.132 e. The van der Waals surface area contributed by atoms with Crippen LogP contribution in [0.2, 0.25) is 0 Å². The van der Waals surface area contributed by atoms with E-state index in [1.807, 2.05) is 6.92 Å². The number of Topliss-reactive ketones (excluding diaryl/α,β-unsaturated/α-hetero) is 1. The first-order valence-corrected chi connectivity index (χ1v) is 11.7. The van der Waals surface area contributed by atoms with Gasteiger partial charge in [0.05, 0.1) is 0 Å².